The quantitative estimate of drug-likeness (QED) is 0.589. The summed E-state index contributed by atoms with van der Waals surface area (Å²) < 4.78 is 0. The van der Waals surface area contributed by atoms with Gasteiger partial charge in [0.25, 0.3) is 0 Å². The van der Waals surface area contributed by atoms with Gasteiger partial charge in [0.1, 0.15) is 0 Å². The van der Waals surface area contributed by atoms with Crippen molar-refractivity contribution in [2.45, 2.75) is 12.8 Å². The highest BCUT2D eigenvalue weighted by atomic mass is 35.5. The van der Waals surface area contributed by atoms with Crippen LogP contribution in [0.25, 0.3) is 0 Å². The summed E-state index contributed by atoms with van der Waals surface area (Å²) in [5.74, 6) is 3.32. The lowest BCUT2D eigenvalue weighted by atomic mass is 10.2. The predicted octanol–water partition coefficient (Wildman–Crippen LogP) is 3.63. The summed E-state index contributed by atoms with van der Waals surface area (Å²) in [6.45, 7) is 0. The van der Waals surface area contributed by atoms with E-state index in [9.17, 15) is 4.79 Å². The number of carbonyl (C=O) groups is 1. The van der Waals surface area contributed by atoms with E-state index in [0.717, 1.165) is 18.6 Å². The molecule has 1 rings (SSSR count). The second kappa shape index (κ2) is 6.55. The summed E-state index contributed by atoms with van der Waals surface area (Å²) in [6, 6.07) is 6.91. The molecule has 0 saturated heterocycles. The number of halogens is 1. The van der Waals surface area contributed by atoms with Gasteiger partial charge in [-0.25, -0.2) is 0 Å². The third-order valence-electron chi connectivity index (χ3n) is 1.78. The first kappa shape index (κ1) is 12.2. The Balaban J connectivity index is 2.41. The molecule has 0 amide bonds. The molecule has 1 nitrogen and oxygen atoms in total. The third kappa shape index (κ3) is 4.42. The maximum Gasteiger partial charge on any atom is 0.219 e. The van der Waals surface area contributed by atoms with E-state index in [1.165, 1.54) is 11.8 Å². The fourth-order valence-electron chi connectivity index (χ4n) is 1.01. The van der Waals surface area contributed by atoms with Crippen molar-refractivity contribution in [3.63, 3.8) is 0 Å². The maximum atomic E-state index is 11.6. The SMILES string of the molecule is C#CCCCSC(=O)c1ccc(Cl)cc1. The van der Waals surface area contributed by atoms with E-state index in [1.807, 2.05) is 0 Å². The first-order chi connectivity index (χ1) is 7.24. The summed E-state index contributed by atoms with van der Waals surface area (Å²) in [7, 11) is 0. The van der Waals surface area contributed by atoms with Gasteiger partial charge in [0.2, 0.25) is 5.12 Å². The average molecular weight is 239 g/mol. The molecule has 0 atom stereocenters. The maximum absolute atomic E-state index is 11.6. The minimum atomic E-state index is 0.0729. The lowest BCUT2D eigenvalue weighted by Gasteiger charge is -1.99. The van der Waals surface area contributed by atoms with E-state index in [0.29, 0.717) is 10.6 Å². The number of carbonyl (C=O) groups excluding carboxylic acids is 1. The van der Waals surface area contributed by atoms with Crippen molar-refractivity contribution in [1.82, 2.24) is 0 Å². The third-order valence-corrected chi connectivity index (χ3v) is 3.02. The van der Waals surface area contributed by atoms with Crippen molar-refractivity contribution < 1.29 is 4.79 Å². The Bertz CT molecular complexity index is 364. The van der Waals surface area contributed by atoms with Crippen LogP contribution < -0.4 is 0 Å². The van der Waals surface area contributed by atoms with Crippen molar-refractivity contribution in [3.05, 3.63) is 34.9 Å². The molecule has 3 heteroatoms. The van der Waals surface area contributed by atoms with Gasteiger partial charge in [0, 0.05) is 22.8 Å². The van der Waals surface area contributed by atoms with Crippen LogP contribution in [0, 0.1) is 12.3 Å². The second-order valence-corrected chi connectivity index (χ2v) is 4.45. The van der Waals surface area contributed by atoms with Crippen LogP contribution in [-0.4, -0.2) is 10.9 Å². The number of hydrogen-bond acceptors (Lipinski definition) is 2. The molecule has 78 valence electrons. The number of benzene rings is 1. The van der Waals surface area contributed by atoms with Gasteiger partial charge >= 0.3 is 0 Å². The zero-order valence-corrected chi connectivity index (χ0v) is 9.77. The summed E-state index contributed by atoms with van der Waals surface area (Å²) in [5.41, 5.74) is 0.685. The molecule has 15 heavy (non-hydrogen) atoms. The Morgan fingerprint density at radius 1 is 1.40 bits per heavy atom. The topological polar surface area (TPSA) is 17.1 Å². The summed E-state index contributed by atoms with van der Waals surface area (Å²) in [5, 5.41) is 0.715. The van der Waals surface area contributed by atoms with Gasteiger partial charge in [0.15, 0.2) is 0 Å². The molecule has 1 aromatic carbocycles. The molecular formula is C12H11ClOS. The predicted molar refractivity (Wildman–Crippen MR) is 66.3 cm³/mol. The molecule has 0 radical (unpaired) electrons. The van der Waals surface area contributed by atoms with Gasteiger partial charge in [0.05, 0.1) is 0 Å². The monoisotopic (exact) mass is 238 g/mol. The van der Waals surface area contributed by atoms with Crippen LogP contribution in [0.4, 0.5) is 0 Å². The molecule has 0 bridgehead atoms. The number of thioether (sulfide) groups is 1. The minimum Gasteiger partial charge on any atom is -0.282 e. The van der Waals surface area contributed by atoms with Crippen LogP contribution in [0.3, 0.4) is 0 Å². The Labute approximate surface area is 99.2 Å². The Kier molecular flexibility index (Phi) is 5.31. The van der Waals surface area contributed by atoms with E-state index in [2.05, 4.69) is 5.92 Å². The molecule has 0 aliphatic heterocycles. The Hall–Kier alpha value is -0.910. The first-order valence-electron chi connectivity index (χ1n) is 4.60. The average Bonchev–Trinajstić information content (AvgIpc) is 2.25. The number of hydrogen-bond donors (Lipinski definition) is 0. The smallest absolute Gasteiger partial charge is 0.219 e. The number of unbranched alkanes of at least 4 members (excludes halogenated alkanes) is 1. The van der Waals surface area contributed by atoms with Gasteiger partial charge in [-0.05, 0) is 30.7 Å². The van der Waals surface area contributed by atoms with E-state index in [4.69, 9.17) is 18.0 Å². The van der Waals surface area contributed by atoms with Crippen molar-refractivity contribution in [3.8, 4) is 12.3 Å². The molecule has 0 aliphatic rings. The molecule has 1 aromatic rings. The number of rotatable bonds is 4. The Morgan fingerprint density at radius 2 is 2.07 bits per heavy atom. The lowest BCUT2D eigenvalue weighted by Crippen LogP contribution is -1.94. The molecule has 0 fully saturated rings. The Morgan fingerprint density at radius 3 is 2.67 bits per heavy atom. The van der Waals surface area contributed by atoms with Gasteiger partial charge in [-0.1, -0.05) is 23.4 Å². The van der Waals surface area contributed by atoms with Gasteiger partial charge in [-0.2, -0.15) is 0 Å². The van der Waals surface area contributed by atoms with Crippen LogP contribution in [-0.2, 0) is 0 Å². The van der Waals surface area contributed by atoms with Crippen molar-refractivity contribution in [2.75, 3.05) is 5.75 Å². The standard InChI is InChI=1S/C12H11ClOS/c1-2-3-4-9-15-12(14)10-5-7-11(13)8-6-10/h1,5-8H,3-4,9H2. The second-order valence-electron chi connectivity index (χ2n) is 2.95. The van der Waals surface area contributed by atoms with E-state index < -0.39 is 0 Å². The van der Waals surface area contributed by atoms with Crippen LogP contribution in [0.1, 0.15) is 23.2 Å². The molecule has 0 N–H and O–H groups in total. The first-order valence-corrected chi connectivity index (χ1v) is 5.96. The number of terminal acetylenes is 1. The molecule has 0 heterocycles. The van der Waals surface area contributed by atoms with Gasteiger partial charge in [-0.3, -0.25) is 4.79 Å². The van der Waals surface area contributed by atoms with Crippen LogP contribution in [0.15, 0.2) is 24.3 Å². The van der Waals surface area contributed by atoms with E-state index >= 15 is 0 Å². The van der Waals surface area contributed by atoms with Crippen molar-refractivity contribution in [2.24, 2.45) is 0 Å². The van der Waals surface area contributed by atoms with Gasteiger partial charge in [-0.15, -0.1) is 12.3 Å². The highest BCUT2D eigenvalue weighted by molar-refractivity contribution is 8.14. The van der Waals surface area contributed by atoms with Crippen LogP contribution >= 0.6 is 23.4 Å². The highest BCUT2D eigenvalue weighted by Gasteiger charge is 2.05. The van der Waals surface area contributed by atoms with E-state index in [-0.39, 0.29) is 5.12 Å². The molecule has 0 saturated carbocycles. The molecular weight excluding hydrogens is 228 g/mol. The van der Waals surface area contributed by atoms with Crippen molar-refractivity contribution >= 4 is 28.5 Å². The fraction of sp³-hybridized carbons (Fsp3) is 0.250. The minimum absolute atomic E-state index is 0.0729. The fourth-order valence-corrected chi connectivity index (χ4v) is 1.91. The molecule has 0 unspecified atom stereocenters. The summed E-state index contributed by atoms with van der Waals surface area (Å²) >= 11 is 7.02. The van der Waals surface area contributed by atoms with Crippen LogP contribution in [0.2, 0.25) is 5.02 Å². The summed E-state index contributed by atoms with van der Waals surface area (Å²) in [6.07, 6.45) is 6.71. The lowest BCUT2D eigenvalue weighted by molar-refractivity contribution is 0.108. The largest absolute Gasteiger partial charge is 0.282 e. The zero-order chi connectivity index (χ0) is 11.1. The van der Waals surface area contributed by atoms with Gasteiger partial charge < -0.3 is 0 Å². The zero-order valence-electron chi connectivity index (χ0n) is 8.20. The molecule has 0 aliphatic carbocycles. The van der Waals surface area contributed by atoms with Crippen molar-refractivity contribution in [1.29, 1.82) is 0 Å². The highest BCUT2D eigenvalue weighted by Crippen LogP contribution is 2.16. The van der Waals surface area contributed by atoms with E-state index in [1.54, 1.807) is 24.3 Å². The van der Waals surface area contributed by atoms with Crippen LogP contribution in [0.5, 0.6) is 0 Å². The normalized spacial score (nSPS) is 9.60. The summed E-state index contributed by atoms with van der Waals surface area (Å²) in [4.78, 5) is 11.6. The molecule has 0 spiro atoms. The molecule has 0 aromatic heterocycles.